The highest BCUT2D eigenvalue weighted by Crippen LogP contribution is 2.55. The van der Waals surface area contributed by atoms with Crippen LogP contribution in [0, 0.1) is 17.8 Å². The Labute approximate surface area is 140 Å². The van der Waals surface area contributed by atoms with Gasteiger partial charge in [-0.05, 0) is 101 Å². The number of hydrogen-bond donors (Lipinski definition) is 2. The molecule has 5 aliphatic carbocycles. The Hall–Kier alpha value is -0.570. The van der Waals surface area contributed by atoms with Crippen molar-refractivity contribution in [2.75, 3.05) is 6.54 Å². The van der Waals surface area contributed by atoms with Crippen LogP contribution in [-0.2, 0) is 0 Å². The predicted molar refractivity (Wildman–Crippen MR) is 95.8 cm³/mol. The van der Waals surface area contributed by atoms with Crippen LogP contribution < -0.4 is 10.6 Å². The second-order valence-electron chi connectivity index (χ2n) is 8.44. The fraction of sp³-hybridized carbons (Fsp3) is 0.842. The molecule has 4 saturated carbocycles. The van der Waals surface area contributed by atoms with Crippen molar-refractivity contribution in [3.05, 3.63) is 11.6 Å². The van der Waals surface area contributed by atoms with Gasteiger partial charge >= 0.3 is 0 Å². The number of hydrogen-bond acceptors (Lipinski definition) is 1. The van der Waals surface area contributed by atoms with Crippen LogP contribution in [0.1, 0.15) is 70.6 Å². The summed E-state index contributed by atoms with van der Waals surface area (Å²) in [5, 5.41) is 8.16. The molecule has 122 valence electrons. The molecule has 0 radical (unpaired) electrons. The van der Waals surface area contributed by atoms with Gasteiger partial charge in [-0.1, -0.05) is 11.6 Å². The summed E-state index contributed by atoms with van der Waals surface area (Å²) in [6.45, 7) is 1.00. The summed E-state index contributed by atoms with van der Waals surface area (Å²) in [4.78, 5) is 0. The molecule has 5 aliphatic rings. The molecule has 0 unspecified atom stereocenters. The van der Waals surface area contributed by atoms with Gasteiger partial charge < -0.3 is 10.6 Å². The molecule has 4 fully saturated rings. The summed E-state index contributed by atoms with van der Waals surface area (Å²) in [5.74, 6) is 2.94. The molecular formula is C19H30N2S. The topological polar surface area (TPSA) is 24.1 Å². The van der Waals surface area contributed by atoms with Crippen LogP contribution >= 0.6 is 12.2 Å². The van der Waals surface area contributed by atoms with Gasteiger partial charge in [0.1, 0.15) is 0 Å². The maximum absolute atomic E-state index is 5.61. The molecule has 0 atom stereocenters. The highest BCUT2D eigenvalue weighted by atomic mass is 32.1. The normalized spacial score (nSPS) is 39.5. The van der Waals surface area contributed by atoms with Gasteiger partial charge in [0.25, 0.3) is 0 Å². The van der Waals surface area contributed by atoms with E-state index in [0.29, 0.717) is 5.54 Å². The monoisotopic (exact) mass is 318 g/mol. The van der Waals surface area contributed by atoms with E-state index < -0.39 is 0 Å². The number of allylic oxidation sites excluding steroid dienone is 1. The Morgan fingerprint density at radius 1 is 1.09 bits per heavy atom. The highest BCUT2D eigenvalue weighted by molar-refractivity contribution is 7.80. The standard InChI is InChI=1S/C19H30N2S/c22-18(20-7-6-14-4-2-1-3-5-14)21-19-11-15-8-16(12-19)10-17(9-15)13-19/h4,15-17H,1-3,5-13H2,(H2,20,21,22). The van der Waals surface area contributed by atoms with Crippen molar-refractivity contribution in [2.45, 2.75) is 76.2 Å². The minimum atomic E-state index is 0.350. The van der Waals surface area contributed by atoms with Gasteiger partial charge in [-0.3, -0.25) is 0 Å². The Balaban J connectivity index is 1.26. The summed E-state index contributed by atoms with van der Waals surface area (Å²) in [6.07, 6.45) is 17.5. The molecular weight excluding hydrogens is 288 g/mol. The molecule has 0 heterocycles. The van der Waals surface area contributed by atoms with Crippen molar-refractivity contribution in [3.8, 4) is 0 Å². The Kier molecular flexibility index (Phi) is 4.19. The molecule has 0 aromatic heterocycles. The molecule has 3 heteroatoms. The van der Waals surface area contributed by atoms with Crippen LogP contribution in [0.5, 0.6) is 0 Å². The van der Waals surface area contributed by atoms with Crippen molar-refractivity contribution in [3.63, 3.8) is 0 Å². The molecule has 0 aromatic rings. The van der Waals surface area contributed by atoms with E-state index in [1.54, 1.807) is 5.57 Å². The molecule has 0 aliphatic heterocycles. The smallest absolute Gasteiger partial charge is 0.166 e. The molecule has 0 spiro atoms. The first-order valence-electron chi connectivity index (χ1n) is 9.45. The lowest BCUT2D eigenvalue weighted by atomic mass is 9.53. The zero-order chi connectivity index (χ0) is 15.0. The summed E-state index contributed by atoms with van der Waals surface area (Å²) in [5.41, 5.74) is 1.99. The van der Waals surface area contributed by atoms with Crippen molar-refractivity contribution >= 4 is 17.3 Å². The lowest BCUT2D eigenvalue weighted by Gasteiger charge is -2.57. The zero-order valence-electron chi connectivity index (χ0n) is 13.7. The maximum Gasteiger partial charge on any atom is 0.166 e. The molecule has 0 amide bonds. The van der Waals surface area contributed by atoms with Crippen molar-refractivity contribution in [1.29, 1.82) is 0 Å². The Morgan fingerprint density at radius 2 is 1.77 bits per heavy atom. The zero-order valence-corrected chi connectivity index (χ0v) is 14.5. The molecule has 4 bridgehead atoms. The van der Waals surface area contributed by atoms with Crippen LogP contribution in [-0.4, -0.2) is 17.2 Å². The quantitative estimate of drug-likeness (QED) is 0.596. The van der Waals surface area contributed by atoms with Gasteiger partial charge in [0.15, 0.2) is 5.11 Å². The van der Waals surface area contributed by atoms with E-state index in [9.17, 15) is 0 Å². The third-order valence-electron chi connectivity index (χ3n) is 6.53. The Morgan fingerprint density at radius 3 is 2.36 bits per heavy atom. The molecule has 5 rings (SSSR count). The van der Waals surface area contributed by atoms with Crippen molar-refractivity contribution in [2.24, 2.45) is 17.8 Å². The van der Waals surface area contributed by atoms with Crippen LogP contribution in [0.15, 0.2) is 11.6 Å². The van der Waals surface area contributed by atoms with Gasteiger partial charge in [0.05, 0.1) is 0 Å². The first-order valence-corrected chi connectivity index (χ1v) is 9.85. The van der Waals surface area contributed by atoms with Crippen LogP contribution in [0.3, 0.4) is 0 Å². The number of rotatable bonds is 4. The third kappa shape index (κ3) is 3.20. The lowest BCUT2D eigenvalue weighted by molar-refractivity contribution is -0.0101. The number of thiocarbonyl (C=S) groups is 1. The largest absolute Gasteiger partial charge is 0.362 e. The number of nitrogens with one attached hydrogen (secondary N) is 2. The summed E-state index contributed by atoms with van der Waals surface area (Å²) >= 11 is 5.61. The molecule has 0 saturated heterocycles. The fourth-order valence-corrected chi connectivity index (χ4v) is 6.34. The van der Waals surface area contributed by atoms with Gasteiger partial charge in [0, 0.05) is 12.1 Å². The van der Waals surface area contributed by atoms with Crippen LogP contribution in [0.4, 0.5) is 0 Å². The van der Waals surface area contributed by atoms with E-state index in [-0.39, 0.29) is 0 Å². The molecule has 0 aromatic carbocycles. The van der Waals surface area contributed by atoms with Crippen molar-refractivity contribution in [1.82, 2.24) is 10.6 Å². The van der Waals surface area contributed by atoms with E-state index in [2.05, 4.69) is 16.7 Å². The summed E-state index contributed by atoms with van der Waals surface area (Å²) in [7, 11) is 0. The van der Waals surface area contributed by atoms with E-state index in [4.69, 9.17) is 12.2 Å². The minimum Gasteiger partial charge on any atom is -0.362 e. The van der Waals surface area contributed by atoms with E-state index in [0.717, 1.165) is 29.4 Å². The van der Waals surface area contributed by atoms with E-state index >= 15 is 0 Å². The lowest BCUT2D eigenvalue weighted by Crippen LogP contribution is -2.61. The van der Waals surface area contributed by atoms with Gasteiger partial charge in [-0.25, -0.2) is 0 Å². The third-order valence-corrected chi connectivity index (χ3v) is 6.78. The first-order chi connectivity index (χ1) is 10.7. The van der Waals surface area contributed by atoms with Crippen LogP contribution in [0.25, 0.3) is 0 Å². The molecule has 22 heavy (non-hydrogen) atoms. The Bertz CT molecular complexity index is 433. The predicted octanol–water partition coefficient (Wildman–Crippen LogP) is 4.31. The second-order valence-corrected chi connectivity index (χ2v) is 8.85. The van der Waals surface area contributed by atoms with E-state index in [1.165, 1.54) is 70.6 Å². The fourth-order valence-electron chi connectivity index (χ4n) is 6.02. The van der Waals surface area contributed by atoms with Gasteiger partial charge in [-0.2, -0.15) is 0 Å². The first kappa shape index (κ1) is 15.0. The second kappa shape index (κ2) is 6.14. The van der Waals surface area contributed by atoms with Gasteiger partial charge in [-0.15, -0.1) is 0 Å². The van der Waals surface area contributed by atoms with Gasteiger partial charge in [0.2, 0.25) is 0 Å². The summed E-state index contributed by atoms with van der Waals surface area (Å²) in [6, 6.07) is 0. The maximum atomic E-state index is 5.61. The minimum absolute atomic E-state index is 0.350. The molecule has 2 nitrogen and oxygen atoms in total. The summed E-state index contributed by atoms with van der Waals surface area (Å²) < 4.78 is 0. The van der Waals surface area contributed by atoms with Crippen LogP contribution in [0.2, 0.25) is 0 Å². The molecule has 2 N–H and O–H groups in total. The average Bonchev–Trinajstić information content (AvgIpc) is 2.46. The average molecular weight is 319 g/mol. The SMILES string of the molecule is S=C(NCCC1=CCCCC1)NC12CC3CC(CC(C3)C1)C2. The highest BCUT2D eigenvalue weighted by Gasteiger charge is 2.51. The van der Waals surface area contributed by atoms with E-state index in [1.807, 2.05) is 0 Å². The van der Waals surface area contributed by atoms with Crippen molar-refractivity contribution < 1.29 is 0 Å².